The van der Waals surface area contributed by atoms with E-state index in [4.69, 9.17) is 0 Å². The summed E-state index contributed by atoms with van der Waals surface area (Å²) in [6, 6.07) is 12.6. The molecular formula is C21H19N3O3. The fourth-order valence-corrected chi connectivity index (χ4v) is 3.62. The van der Waals surface area contributed by atoms with E-state index in [0.717, 1.165) is 17.5 Å². The monoisotopic (exact) mass is 361 g/mol. The van der Waals surface area contributed by atoms with Gasteiger partial charge in [0.1, 0.15) is 5.56 Å². The van der Waals surface area contributed by atoms with Crippen LogP contribution in [0.5, 0.6) is 0 Å². The van der Waals surface area contributed by atoms with Gasteiger partial charge in [0.2, 0.25) is 11.3 Å². The molecule has 0 aliphatic carbocycles. The van der Waals surface area contributed by atoms with Crippen LogP contribution in [0.2, 0.25) is 0 Å². The lowest BCUT2D eigenvalue weighted by atomic mass is 10.1. The van der Waals surface area contributed by atoms with Crippen molar-refractivity contribution >= 4 is 34.1 Å². The van der Waals surface area contributed by atoms with Crippen LogP contribution in [0.15, 0.2) is 53.5 Å². The fraction of sp³-hybridized carbons (Fsp3) is 0.190. The lowest BCUT2D eigenvalue weighted by molar-refractivity contribution is -0.114. The minimum absolute atomic E-state index is 0.124. The number of carbonyl (C=O) groups is 2. The molecule has 4 rings (SSSR count). The first-order valence-corrected chi connectivity index (χ1v) is 8.80. The average Bonchev–Trinajstić information content (AvgIpc) is 2.95. The van der Waals surface area contributed by atoms with E-state index in [9.17, 15) is 14.4 Å². The molecule has 136 valence electrons. The number of hydrogen-bond acceptors (Lipinski definition) is 3. The van der Waals surface area contributed by atoms with Gasteiger partial charge in [0, 0.05) is 35.9 Å². The van der Waals surface area contributed by atoms with E-state index in [1.807, 2.05) is 16.7 Å². The molecule has 0 bridgehead atoms. The van der Waals surface area contributed by atoms with Gasteiger partial charge in [-0.15, -0.1) is 0 Å². The molecule has 0 saturated carbocycles. The highest BCUT2D eigenvalue weighted by molar-refractivity contribution is 6.06. The Balaban J connectivity index is 1.67. The Hall–Kier alpha value is -3.41. The van der Waals surface area contributed by atoms with Crippen molar-refractivity contribution in [2.45, 2.75) is 26.3 Å². The number of pyridine rings is 1. The molecule has 3 aromatic rings. The second kappa shape index (κ2) is 6.39. The van der Waals surface area contributed by atoms with Gasteiger partial charge in [-0.3, -0.25) is 14.4 Å². The smallest absolute Gasteiger partial charge is 0.261 e. The van der Waals surface area contributed by atoms with Gasteiger partial charge >= 0.3 is 0 Å². The number of aromatic nitrogens is 1. The first kappa shape index (κ1) is 17.0. The number of benzene rings is 2. The second-order valence-corrected chi connectivity index (χ2v) is 6.86. The van der Waals surface area contributed by atoms with Gasteiger partial charge < -0.3 is 15.2 Å². The molecule has 1 unspecified atom stereocenters. The van der Waals surface area contributed by atoms with Gasteiger partial charge in [0.25, 0.3) is 5.91 Å². The summed E-state index contributed by atoms with van der Waals surface area (Å²) in [5.41, 5.74) is 3.12. The maximum Gasteiger partial charge on any atom is 0.261 e. The highest BCUT2D eigenvalue weighted by Gasteiger charge is 2.24. The summed E-state index contributed by atoms with van der Waals surface area (Å²) >= 11 is 0. The molecule has 2 heterocycles. The number of hydrogen-bond donors (Lipinski definition) is 2. The zero-order chi connectivity index (χ0) is 19.1. The summed E-state index contributed by atoms with van der Waals surface area (Å²) in [7, 11) is 0. The summed E-state index contributed by atoms with van der Waals surface area (Å²) in [6.07, 6.45) is 2.51. The number of rotatable bonds is 3. The predicted molar refractivity (Wildman–Crippen MR) is 105 cm³/mol. The number of anilines is 2. The molecule has 1 atom stereocenters. The first-order chi connectivity index (χ1) is 12.9. The molecule has 0 spiro atoms. The SMILES string of the molecule is CC(=O)Nc1ccc(NC(=O)c2cn3c4c(cccc4c2=O)CC3C)cc1. The maximum atomic E-state index is 12.9. The van der Waals surface area contributed by atoms with Crippen molar-refractivity contribution in [1.82, 2.24) is 4.57 Å². The maximum absolute atomic E-state index is 12.9. The zero-order valence-electron chi connectivity index (χ0n) is 15.1. The molecule has 6 nitrogen and oxygen atoms in total. The van der Waals surface area contributed by atoms with Crippen LogP contribution in [0, 0.1) is 0 Å². The van der Waals surface area contributed by atoms with E-state index in [1.54, 1.807) is 36.5 Å². The quantitative estimate of drug-likeness (QED) is 0.751. The van der Waals surface area contributed by atoms with Crippen LogP contribution in [-0.2, 0) is 11.2 Å². The summed E-state index contributed by atoms with van der Waals surface area (Å²) in [5.74, 6) is -0.607. The van der Waals surface area contributed by atoms with E-state index in [1.165, 1.54) is 6.92 Å². The summed E-state index contributed by atoms with van der Waals surface area (Å²) in [4.78, 5) is 36.7. The van der Waals surface area contributed by atoms with E-state index in [2.05, 4.69) is 17.6 Å². The highest BCUT2D eigenvalue weighted by atomic mass is 16.2. The Morgan fingerprint density at radius 2 is 1.70 bits per heavy atom. The molecule has 1 aliphatic heterocycles. The standard InChI is InChI=1S/C21H19N3O3/c1-12-10-14-4-3-5-17-19(14)24(12)11-18(20(17)26)21(27)23-16-8-6-15(7-9-16)22-13(2)25/h3-9,11-12H,10H2,1-2H3,(H,22,25)(H,23,27). The van der Waals surface area contributed by atoms with Crippen LogP contribution >= 0.6 is 0 Å². The van der Waals surface area contributed by atoms with Crippen LogP contribution in [0.25, 0.3) is 10.9 Å². The van der Waals surface area contributed by atoms with Crippen molar-refractivity contribution in [1.29, 1.82) is 0 Å². The highest BCUT2D eigenvalue weighted by Crippen LogP contribution is 2.31. The fourth-order valence-electron chi connectivity index (χ4n) is 3.62. The van der Waals surface area contributed by atoms with Gasteiger partial charge in [0.15, 0.2) is 0 Å². The molecule has 2 aromatic carbocycles. The number of amides is 2. The minimum Gasteiger partial charge on any atom is -0.343 e. The van der Waals surface area contributed by atoms with Gasteiger partial charge in [0.05, 0.1) is 5.52 Å². The van der Waals surface area contributed by atoms with Crippen molar-refractivity contribution in [3.8, 4) is 0 Å². The van der Waals surface area contributed by atoms with Crippen LogP contribution < -0.4 is 16.1 Å². The third kappa shape index (κ3) is 2.99. The Labute approximate surface area is 155 Å². The van der Waals surface area contributed by atoms with Gasteiger partial charge in [-0.2, -0.15) is 0 Å². The van der Waals surface area contributed by atoms with Gasteiger partial charge in [-0.25, -0.2) is 0 Å². The van der Waals surface area contributed by atoms with Crippen molar-refractivity contribution in [3.05, 3.63) is 70.0 Å². The molecule has 0 fully saturated rings. The molecule has 0 radical (unpaired) electrons. The lowest BCUT2D eigenvalue weighted by Crippen LogP contribution is -2.23. The lowest BCUT2D eigenvalue weighted by Gasteiger charge is -2.13. The number of nitrogens with one attached hydrogen (secondary N) is 2. The first-order valence-electron chi connectivity index (χ1n) is 8.80. The summed E-state index contributed by atoms with van der Waals surface area (Å²) in [6.45, 7) is 3.51. The van der Waals surface area contributed by atoms with Crippen molar-refractivity contribution in [3.63, 3.8) is 0 Å². The second-order valence-electron chi connectivity index (χ2n) is 6.86. The van der Waals surface area contributed by atoms with E-state index < -0.39 is 5.91 Å². The predicted octanol–water partition coefficient (Wildman–Crippen LogP) is 3.33. The van der Waals surface area contributed by atoms with E-state index >= 15 is 0 Å². The van der Waals surface area contributed by atoms with Crippen LogP contribution in [0.3, 0.4) is 0 Å². The number of carbonyl (C=O) groups excluding carboxylic acids is 2. The zero-order valence-corrected chi connectivity index (χ0v) is 15.1. The average molecular weight is 361 g/mol. The molecule has 6 heteroatoms. The van der Waals surface area contributed by atoms with E-state index in [0.29, 0.717) is 16.8 Å². The van der Waals surface area contributed by atoms with Crippen LogP contribution in [0.4, 0.5) is 11.4 Å². The minimum atomic E-state index is -0.442. The van der Waals surface area contributed by atoms with Gasteiger partial charge in [-0.05, 0) is 49.2 Å². The van der Waals surface area contributed by atoms with E-state index in [-0.39, 0.29) is 22.9 Å². The van der Waals surface area contributed by atoms with Crippen molar-refractivity contribution < 1.29 is 9.59 Å². The molecule has 2 amide bonds. The normalized spacial score (nSPS) is 15.0. The Morgan fingerprint density at radius 3 is 2.37 bits per heavy atom. The van der Waals surface area contributed by atoms with Crippen molar-refractivity contribution in [2.24, 2.45) is 0 Å². The molecule has 2 N–H and O–H groups in total. The Kier molecular flexibility index (Phi) is 4.03. The molecule has 1 aromatic heterocycles. The molecule has 27 heavy (non-hydrogen) atoms. The topological polar surface area (TPSA) is 80.2 Å². The Morgan fingerprint density at radius 1 is 1.04 bits per heavy atom. The number of nitrogens with zero attached hydrogens (tertiary/aromatic N) is 1. The van der Waals surface area contributed by atoms with Crippen LogP contribution in [-0.4, -0.2) is 16.4 Å². The number of para-hydroxylation sites is 1. The molecule has 0 saturated heterocycles. The van der Waals surface area contributed by atoms with Crippen LogP contribution in [0.1, 0.15) is 35.8 Å². The third-order valence-electron chi connectivity index (χ3n) is 4.83. The Bertz CT molecular complexity index is 1130. The summed E-state index contributed by atoms with van der Waals surface area (Å²) in [5, 5.41) is 6.00. The molecule has 1 aliphatic rings. The largest absolute Gasteiger partial charge is 0.343 e. The molecular weight excluding hydrogens is 342 g/mol. The summed E-state index contributed by atoms with van der Waals surface area (Å²) < 4.78 is 2.01. The van der Waals surface area contributed by atoms with Crippen molar-refractivity contribution in [2.75, 3.05) is 10.6 Å². The third-order valence-corrected chi connectivity index (χ3v) is 4.83. The van der Waals surface area contributed by atoms with Gasteiger partial charge in [-0.1, -0.05) is 12.1 Å².